The summed E-state index contributed by atoms with van der Waals surface area (Å²) in [4.78, 5) is 20.4. The maximum absolute atomic E-state index is 12.1. The maximum Gasteiger partial charge on any atom is 0.271 e. The first-order valence-electron chi connectivity index (χ1n) is 8.69. The van der Waals surface area contributed by atoms with Crippen LogP contribution in [0, 0.1) is 30.1 Å². The number of rotatable bonds is 4. The summed E-state index contributed by atoms with van der Waals surface area (Å²) in [5, 5.41) is 3.05. The van der Waals surface area contributed by atoms with Crippen LogP contribution in [-0.4, -0.2) is 22.4 Å². The van der Waals surface area contributed by atoms with E-state index in [2.05, 4.69) is 15.3 Å². The summed E-state index contributed by atoms with van der Waals surface area (Å²) in [6.07, 6.45) is 13.0. The van der Waals surface area contributed by atoms with Crippen molar-refractivity contribution in [2.75, 3.05) is 6.54 Å². The van der Waals surface area contributed by atoms with Gasteiger partial charge in [0.05, 0.1) is 11.9 Å². The molecule has 5 rings (SSSR count). The second-order valence-corrected chi connectivity index (χ2v) is 7.97. The number of nitrogens with one attached hydrogen (secondary N) is 1. The highest BCUT2D eigenvalue weighted by Gasteiger charge is 2.50. The van der Waals surface area contributed by atoms with E-state index in [0.717, 1.165) is 36.4 Å². The van der Waals surface area contributed by atoms with Gasteiger partial charge < -0.3 is 5.32 Å². The summed E-state index contributed by atoms with van der Waals surface area (Å²) in [7, 11) is 0. The van der Waals surface area contributed by atoms with Crippen LogP contribution in [0.15, 0.2) is 12.4 Å². The summed E-state index contributed by atoms with van der Waals surface area (Å²) in [5.41, 5.74) is 1.79. The topological polar surface area (TPSA) is 54.9 Å². The van der Waals surface area contributed by atoms with Gasteiger partial charge in [-0.2, -0.15) is 0 Å². The Morgan fingerprint density at radius 1 is 1.14 bits per heavy atom. The molecule has 1 heterocycles. The first-order valence-corrected chi connectivity index (χ1v) is 8.69. The van der Waals surface area contributed by atoms with E-state index in [9.17, 15) is 4.79 Å². The summed E-state index contributed by atoms with van der Waals surface area (Å²) in [6, 6.07) is 0. The number of carbonyl (C=O) groups is 1. The van der Waals surface area contributed by atoms with Crippen LogP contribution < -0.4 is 5.32 Å². The highest BCUT2D eigenvalue weighted by molar-refractivity contribution is 5.91. The fraction of sp³-hybridized carbons (Fsp3) is 0.722. The predicted molar refractivity (Wildman–Crippen MR) is 84.3 cm³/mol. The van der Waals surface area contributed by atoms with Gasteiger partial charge in [0.25, 0.3) is 5.91 Å². The summed E-state index contributed by atoms with van der Waals surface area (Å²) in [6.45, 7) is 2.66. The van der Waals surface area contributed by atoms with E-state index in [0.29, 0.717) is 11.1 Å². The largest absolute Gasteiger partial charge is 0.351 e. The van der Waals surface area contributed by atoms with Crippen LogP contribution in [0.2, 0.25) is 0 Å². The van der Waals surface area contributed by atoms with Gasteiger partial charge in [0.2, 0.25) is 0 Å². The number of amides is 1. The van der Waals surface area contributed by atoms with Crippen molar-refractivity contribution in [2.45, 2.75) is 51.9 Å². The number of hydrogen-bond donors (Lipinski definition) is 1. The molecule has 4 bridgehead atoms. The Balaban J connectivity index is 1.33. The lowest BCUT2D eigenvalue weighted by Gasteiger charge is -2.57. The van der Waals surface area contributed by atoms with E-state index in [-0.39, 0.29) is 5.91 Å². The standard InChI is InChI=1S/C18H25N3O/c1-12-10-21-16(11-20-12)17(22)19-3-2-18-7-13-4-14(8-18)6-15(5-13)9-18/h10-11,13-15H,2-9H2,1H3,(H,19,22). The minimum atomic E-state index is -0.0859. The zero-order chi connectivity index (χ0) is 15.2. The molecule has 22 heavy (non-hydrogen) atoms. The van der Waals surface area contributed by atoms with Crippen molar-refractivity contribution in [2.24, 2.45) is 23.2 Å². The van der Waals surface area contributed by atoms with E-state index >= 15 is 0 Å². The minimum absolute atomic E-state index is 0.0859. The third kappa shape index (κ3) is 2.64. The quantitative estimate of drug-likeness (QED) is 0.929. The van der Waals surface area contributed by atoms with Crippen LogP contribution in [0.1, 0.15) is 61.1 Å². The third-order valence-electron chi connectivity index (χ3n) is 6.12. The van der Waals surface area contributed by atoms with E-state index in [1.54, 1.807) is 12.4 Å². The number of nitrogens with zero attached hydrogens (tertiary/aromatic N) is 2. The molecule has 4 aliphatic carbocycles. The summed E-state index contributed by atoms with van der Waals surface area (Å²) in [5.74, 6) is 2.84. The van der Waals surface area contributed by atoms with Gasteiger partial charge in [0.15, 0.2) is 0 Å². The zero-order valence-corrected chi connectivity index (χ0v) is 13.3. The van der Waals surface area contributed by atoms with E-state index in [4.69, 9.17) is 0 Å². The summed E-state index contributed by atoms with van der Waals surface area (Å²) < 4.78 is 0. The van der Waals surface area contributed by atoms with Crippen LogP contribution in [0.3, 0.4) is 0 Å². The van der Waals surface area contributed by atoms with Crippen LogP contribution >= 0.6 is 0 Å². The second kappa shape index (κ2) is 5.32. The van der Waals surface area contributed by atoms with Crippen LogP contribution in [0.4, 0.5) is 0 Å². The number of carbonyl (C=O) groups excluding carboxylic acids is 1. The first kappa shape index (κ1) is 14.2. The normalized spacial score (nSPS) is 35.6. The lowest BCUT2D eigenvalue weighted by atomic mass is 9.49. The number of hydrogen-bond acceptors (Lipinski definition) is 3. The molecule has 1 aromatic heterocycles. The van der Waals surface area contributed by atoms with Crippen molar-refractivity contribution in [1.82, 2.24) is 15.3 Å². The van der Waals surface area contributed by atoms with Crippen molar-refractivity contribution < 1.29 is 4.79 Å². The minimum Gasteiger partial charge on any atom is -0.351 e. The van der Waals surface area contributed by atoms with Crippen molar-refractivity contribution in [3.63, 3.8) is 0 Å². The molecule has 0 radical (unpaired) electrons. The molecule has 0 aliphatic heterocycles. The van der Waals surface area contributed by atoms with Crippen LogP contribution in [-0.2, 0) is 0 Å². The van der Waals surface area contributed by atoms with E-state index in [1.807, 2.05) is 6.92 Å². The van der Waals surface area contributed by atoms with Gasteiger partial charge in [-0.05, 0) is 75.0 Å². The van der Waals surface area contributed by atoms with E-state index < -0.39 is 0 Å². The van der Waals surface area contributed by atoms with Gasteiger partial charge in [0.1, 0.15) is 5.69 Å². The van der Waals surface area contributed by atoms with Gasteiger partial charge in [-0.1, -0.05) is 0 Å². The molecular formula is C18H25N3O. The van der Waals surface area contributed by atoms with E-state index in [1.165, 1.54) is 38.5 Å². The molecule has 4 saturated carbocycles. The Morgan fingerprint density at radius 3 is 2.32 bits per heavy atom. The lowest BCUT2D eigenvalue weighted by molar-refractivity contribution is -0.0564. The maximum atomic E-state index is 12.1. The lowest BCUT2D eigenvalue weighted by Crippen LogP contribution is -2.47. The van der Waals surface area contributed by atoms with Gasteiger partial charge in [-0.3, -0.25) is 9.78 Å². The molecular weight excluding hydrogens is 274 g/mol. The monoisotopic (exact) mass is 299 g/mol. The molecule has 4 aliphatic rings. The Kier molecular flexibility index (Phi) is 3.43. The predicted octanol–water partition coefficient (Wildman–Crippen LogP) is 3.12. The molecule has 0 atom stereocenters. The van der Waals surface area contributed by atoms with Crippen molar-refractivity contribution in [3.05, 3.63) is 23.8 Å². The molecule has 4 heteroatoms. The molecule has 0 spiro atoms. The van der Waals surface area contributed by atoms with Gasteiger partial charge >= 0.3 is 0 Å². The summed E-state index contributed by atoms with van der Waals surface area (Å²) >= 11 is 0. The van der Waals surface area contributed by atoms with Crippen molar-refractivity contribution in [3.8, 4) is 0 Å². The molecule has 1 amide bonds. The smallest absolute Gasteiger partial charge is 0.271 e. The molecule has 0 saturated heterocycles. The molecule has 0 unspecified atom stereocenters. The molecule has 0 aromatic carbocycles. The SMILES string of the molecule is Cc1cnc(C(=O)NCCC23CC4CC(CC(C4)C2)C3)cn1. The molecule has 4 nitrogen and oxygen atoms in total. The average molecular weight is 299 g/mol. The average Bonchev–Trinajstić information content (AvgIpc) is 2.46. The highest BCUT2D eigenvalue weighted by Crippen LogP contribution is 2.61. The zero-order valence-electron chi connectivity index (χ0n) is 13.3. The number of aromatic nitrogens is 2. The first-order chi connectivity index (χ1) is 10.6. The highest BCUT2D eigenvalue weighted by atomic mass is 16.1. The fourth-order valence-electron chi connectivity index (χ4n) is 5.64. The van der Waals surface area contributed by atoms with Gasteiger partial charge in [0, 0.05) is 12.7 Å². The molecule has 118 valence electrons. The Hall–Kier alpha value is -1.45. The Bertz CT molecular complexity index is 531. The number of aryl methyl sites for hydroxylation is 1. The van der Waals surface area contributed by atoms with Crippen molar-refractivity contribution >= 4 is 5.91 Å². The molecule has 1 N–H and O–H groups in total. The second-order valence-electron chi connectivity index (χ2n) is 7.97. The molecule has 1 aromatic rings. The van der Waals surface area contributed by atoms with Crippen LogP contribution in [0.5, 0.6) is 0 Å². The fourth-order valence-corrected chi connectivity index (χ4v) is 5.64. The van der Waals surface area contributed by atoms with Gasteiger partial charge in [-0.15, -0.1) is 0 Å². The molecule has 4 fully saturated rings. The van der Waals surface area contributed by atoms with Crippen LogP contribution in [0.25, 0.3) is 0 Å². The van der Waals surface area contributed by atoms with Gasteiger partial charge in [-0.25, -0.2) is 4.98 Å². The van der Waals surface area contributed by atoms with Crippen molar-refractivity contribution in [1.29, 1.82) is 0 Å². The Labute approximate surface area is 132 Å². The Morgan fingerprint density at radius 2 is 1.77 bits per heavy atom. The third-order valence-corrected chi connectivity index (χ3v) is 6.12.